The van der Waals surface area contributed by atoms with E-state index in [2.05, 4.69) is 26.1 Å². The van der Waals surface area contributed by atoms with Gasteiger partial charge in [-0.1, -0.05) is 17.7 Å². The number of alkyl carbamates (subject to hydrolysis) is 1. The molecule has 0 bridgehead atoms. The summed E-state index contributed by atoms with van der Waals surface area (Å²) in [4.78, 5) is 49.3. The molecule has 12 nitrogen and oxygen atoms in total. The fourth-order valence-corrected chi connectivity index (χ4v) is 4.67. The summed E-state index contributed by atoms with van der Waals surface area (Å²) in [6.07, 6.45) is 3.98. The fourth-order valence-electron chi connectivity index (χ4n) is 4.45. The van der Waals surface area contributed by atoms with E-state index in [0.29, 0.717) is 56.6 Å². The number of anilines is 2. The molecule has 2 heterocycles. The SMILES string of the molecule is O=C(Nc1cccc(C(=O)O)c1)NC1CCC(NC(=O)O[C@@H]2CCN(c3cn[nH]c(=O)c3Cl)C2)CC1. The van der Waals surface area contributed by atoms with Crippen molar-refractivity contribution >= 4 is 41.1 Å². The van der Waals surface area contributed by atoms with Gasteiger partial charge < -0.3 is 30.7 Å². The molecule has 0 spiro atoms. The molecule has 2 fully saturated rings. The van der Waals surface area contributed by atoms with E-state index in [0.717, 1.165) is 0 Å². The number of amides is 3. The van der Waals surface area contributed by atoms with E-state index in [9.17, 15) is 19.2 Å². The summed E-state index contributed by atoms with van der Waals surface area (Å²) in [7, 11) is 0. The second kappa shape index (κ2) is 11.3. The predicted molar refractivity (Wildman–Crippen MR) is 132 cm³/mol. The van der Waals surface area contributed by atoms with E-state index in [1.807, 2.05) is 4.90 Å². The van der Waals surface area contributed by atoms with Crippen molar-refractivity contribution in [1.82, 2.24) is 20.8 Å². The molecule has 1 saturated carbocycles. The van der Waals surface area contributed by atoms with Crippen molar-refractivity contribution in [2.24, 2.45) is 0 Å². The van der Waals surface area contributed by atoms with E-state index in [1.165, 1.54) is 18.3 Å². The molecule has 192 valence electrons. The number of hydrogen-bond donors (Lipinski definition) is 5. The molecule has 4 rings (SSSR count). The van der Waals surface area contributed by atoms with Gasteiger partial charge >= 0.3 is 18.1 Å². The number of aromatic amines is 1. The van der Waals surface area contributed by atoms with Gasteiger partial charge in [0.25, 0.3) is 5.56 Å². The average molecular weight is 519 g/mol. The van der Waals surface area contributed by atoms with Crippen LogP contribution in [0.3, 0.4) is 0 Å². The Balaban J connectivity index is 1.17. The average Bonchev–Trinajstić information content (AvgIpc) is 3.30. The number of nitrogens with one attached hydrogen (secondary N) is 4. The topological polar surface area (TPSA) is 166 Å². The summed E-state index contributed by atoms with van der Waals surface area (Å²) in [6, 6.07) is 5.50. The van der Waals surface area contributed by atoms with E-state index in [-0.39, 0.29) is 28.8 Å². The predicted octanol–water partition coefficient (Wildman–Crippen LogP) is 2.56. The lowest BCUT2D eigenvalue weighted by atomic mass is 9.91. The number of carboxylic acid groups (broad SMARTS) is 1. The van der Waals surface area contributed by atoms with Crippen LogP contribution in [0.25, 0.3) is 0 Å². The Bertz CT molecular complexity index is 1180. The van der Waals surface area contributed by atoms with Gasteiger partial charge in [-0.3, -0.25) is 4.79 Å². The van der Waals surface area contributed by atoms with Gasteiger partial charge in [0.05, 0.1) is 24.0 Å². The summed E-state index contributed by atoms with van der Waals surface area (Å²) in [5, 5.41) is 23.6. The molecule has 3 amide bonds. The fraction of sp³-hybridized carbons (Fsp3) is 0.435. The number of ether oxygens (including phenoxy) is 1. The summed E-state index contributed by atoms with van der Waals surface area (Å²) in [5.74, 6) is -1.07. The molecule has 1 aliphatic heterocycles. The highest BCUT2D eigenvalue weighted by Gasteiger charge is 2.29. The zero-order valence-electron chi connectivity index (χ0n) is 19.3. The Morgan fingerprint density at radius 1 is 1.11 bits per heavy atom. The highest BCUT2D eigenvalue weighted by molar-refractivity contribution is 6.33. The van der Waals surface area contributed by atoms with Crippen LogP contribution in [0.5, 0.6) is 0 Å². The van der Waals surface area contributed by atoms with Crippen molar-refractivity contribution in [3.8, 4) is 0 Å². The van der Waals surface area contributed by atoms with E-state index in [1.54, 1.807) is 12.1 Å². The molecule has 1 saturated heterocycles. The van der Waals surface area contributed by atoms with Crippen LogP contribution in [0.1, 0.15) is 42.5 Å². The first-order chi connectivity index (χ1) is 17.3. The number of rotatable bonds is 6. The number of hydrogen-bond acceptors (Lipinski definition) is 7. The summed E-state index contributed by atoms with van der Waals surface area (Å²) >= 11 is 6.06. The van der Waals surface area contributed by atoms with Crippen molar-refractivity contribution < 1.29 is 24.2 Å². The number of aromatic carboxylic acids is 1. The molecule has 5 N–H and O–H groups in total. The van der Waals surface area contributed by atoms with Crippen molar-refractivity contribution in [3.63, 3.8) is 0 Å². The minimum Gasteiger partial charge on any atom is -0.478 e. The third-order valence-electron chi connectivity index (χ3n) is 6.29. The second-order valence-electron chi connectivity index (χ2n) is 8.84. The van der Waals surface area contributed by atoms with E-state index in [4.69, 9.17) is 21.4 Å². The molecule has 1 aromatic heterocycles. The lowest BCUT2D eigenvalue weighted by Crippen LogP contribution is -2.45. The summed E-state index contributed by atoms with van der Waals surface area (Å²) in [6.45, 7) is 1.00. The van der Waals surface area contributed by atoms with Crippen molar-refractivity contribution in [2.75, 3.05) is 23.3 Å². The number of aromatic nitrogens is 2. The number of carboxylic acids is 1. The van der Waals surface area contributed by atoms with Gasteiger partial charge in [-0.25, -0.2) is 19.5 Å². The number of H-pyrrole nitrogens is 1. The molecule has 0 unspecified atom stereocenters. The third-order valence-corrected chi connectivity index (χ3v) is 6.65. The molecule has 2 aliphatic rings. The van der Waals surface area contributed by atoms with Crippen LogP contribution in [0.15, 0.2) is 35.3 Å². The maximum Gasteiger partial charge on any atom is 0.407 e. The Kier molecular flexibility index (Phi) is 7.93. The number of nitrogens with zero attached hydrogens (tertiary/aromatic N) is 2. The monoisotopic (exact) mass is 518 g/mol. The van der Waals surface area contributed by atoms with Crippen LogP contribution < -0.4 is 26.4 Å². The van der Waals surface area contributed by atoms with Crippen LogP contribution in [-0.2, 0) is 4.74 Å². The maximum atomic E-state index is 12.4. The van der Waals surface area contributed by atoms with Crippen LogP contribution in [0.4, 0.5) is 21.0 Å². The highest BCUT2D eigenvalue weighted by atomic mass is 35.5. The zero-order valence-corrected chi connectivity index (χ0v) is 20.1. The Hall–Kier alpha value is -3.80. The highest BCUT2D eigenvalue weighted by Crippen LogP contribution is 2.26. The van der Waals surface area contributed by atoms with Crippen LogP contribution >= 0.6 is 11.6 Å². The Labute approximate surface area is 211 Å². The zero-order chi connectivity index (χ0) is 25.7. The molecule has 36 heavy (non-hydrogen) atoms. The quantitative estimate of drug-likeness (QED) is 0.389. The maximum absolute atomic E-state index is 12.4. The van der Waals surface area contributed by atoms with Crippen molar-refractivity contribution in [1.29, 1.82) is 0 Å². The Morgan fingerprint density at radius 3 is 2.56 bits per heavy atom. The largest absolute Gasteiger partial charge is 0.478 e. The lowest BCUT2D eigenvalue weighted by Gasteiger charge is -2.29. The first kappa shape index (κ1) is 25.3. The Morgan fingerprint density at radius 2 is 1.83 bits per heavy atom. The number of urea groups is 1. The van der Waals surface area contributed by atoms with Gasteiger partial charge in [-0.15, -0.1) is 0 Å². The summed E-state index contributed by atoms with van der Waals surface area (Å²) in [5.41, 5.74) is 0.531. The van der Waals surface area contributed by atoms with Crippen LogP contribution in [0, 0.1) is 0 Å². The van der Waals surface area contributed by atoms with Crippen molar-refractivity contribution in [2.45, 2.75) is 50.3 Å². The van der Waals surface area contributed by atoms with Gasteiger partial charge in [-0.2, -0.15) is 5.10 Å². The van der Waals surface area contributed by atoms with Gasteiger partial charge in [0, 0.05) is 30.7 Å². The number of carbonyl (C=O) groups excluding carboxylic acids is 2. The third kappa shape index (κ3) is 6.45. The number of benzene rings is 1. The van der Waals surface area contributed by atoms with E-state index < -0.39 is 23.7 Å². The minimum atomic E-state index is -1.07. The molecule has 2 aromatic rings. The molecular weight excluding hydrogens is 492 g/mol. The molecule has 1 atom stereocenters. The first-order valence-corrected chi connectivity index (χ1v) is 12.0. The van der Waals surface area contributed by atoms with Gasteiger partial charge in [0.1, 0.15) is 11.1 Å². The lowest BCUT2D eigenvalue weighted by molar-refractivity contribution is 0.0696. The molecule has 1 aromatic carbocycles. The van der Waals surface area contributed by atoms with Crippen LogP contribution in [0.2, 0.25) is 5.02 Å². The first-order valence-electron chi connectivity index (χ1n) is 11.6. The standard InChI is InChI=1S/C23H27ClN6O6/c24-19-18(11-25-29-20(19)31)30-9-8-17(12-30)36-23(35)28-15-6-4-14(5-7-15)26-22(34)27-16-3-1-2-13(10-16)21(32)33/h1-3,10-11,14-15,17H,4-9,12H2,(H,28,35)(H,29,31)(H,32,33)(H2,26,27,34)/t14?,15?,17-/m1/s1. The van der Waals surface area contributed by atoms with Gasteiger partial charge in [0.15, 0.2) is 0 Å². The smallest absolute Gasteiger partial charge is 0.407 e. The number of halogens is 1. The second-order valence-corrected chi connectivity index (χ2v) is 9.22. The van der Waals surface area contributed by atoms with E-state index >= 15 is 0 Å². The minimum absolute atomic E-state index is 0.0579. The van der Waals surface area contributed by atoms with Crippen molar-refractivity contribution in [3.05, 3.63) is 51.4 Å². The van der Waals surface area contributed by atoms with Gasteiger partial charge in [0.2, 0.25) is 0 Å². The molecule has 1 aliphatic carbocycles. The normalized spacial score (nSPS) is 21.5. The van der Waals surface area contributed by atoms with Crippen LogP contribution in [-0.4, -0.2) is 64.7 Å². The summed E-state index contributed by atoms with van der Waals surface area (Å²) < 4.78 is 5.56. The number of carbonyl (C=O) groups is 3. The van der Waals surface area contributed by atoms with Gasteiger partial charge in [-0.05, 0) is 43.9 Å². The molecule has 0 radical (unpaired) electrons. The molecular formula is C23H27ClN6O6. The molecule has 13 heteroatoms.